The minimum Gasteiger partial charge on any atom is -0.465 e. The van der Waals surface area contributed by atoms with Crippen molar-refractivity contribution in [2.24, 2.45) is 0 Å². The molecule has 1 heterocycles. The topological polar surface area (TPSA) is 53.1 Å². The van der Waals surface area contributed by atoms with Crippen LogP contribution in [0.2, 0.25) is 0 Å². The fraction of sp³-hybridized carbons (Fsp3) is 0.440. The zero-order valence-corrected chi connectivity index (χ0v) is 19.8. The van der Waals surface area contributed by atoms with Crippen LogP contribution in [0.25, 0.3) is 0 Å². The van der Waals surface area contributed by atoms with Crippen molar-refractivity contribution < 1.29 is 27.5 Å². The van der Waals surface area contributed by atoms with Gasteiger partial charge in [0.1, 0.15) is 0 Å². The number of likely N-dealkylation sites (N-methyl/N-ethyl adjacent to an activating group) is 1. The molecule has 0 aromatic heterocycles. The molecule has 0 spiro atoms. The van der Waals surface area contributed by atoms with E-state index in [1.54, 1.807) is 29.2 Å². The van der Waals surface area contributed by atoms with Crippen LogP contribution in [0.1, 0.15) is 42.3 Å². The third-order valence-corrected chi connectivity index (χ3v) is 6.17. The lowest BCUT2D eigenvalue weighted by Crippen LogP contribution is -2.60. The quantitative estimate of drug-likeness (QED) is 0.567. The Kier molecular flexibility index (Phi) is 7.86. The van der Waals surface area contributed by atoms with Gasteiger partial charge in [0.25, 0.3) is 0 Å². The number of halogens is 3. The Morgan fingerprint density at radius 1 is 1.06 bits per heavy atom. The predicted molar refractivity (Wildman–Crippen MR) is 124 cm³/mol. The number of hydrogen-bond donors (Lipinski definition) is 0. The van der Waals surface area contributed by atoms with Gasteiger partial charge in [-0.05, 0) is 56.3 Å². The first-order valence-electron chi connectivity index (χ1n) is 11.2. The molecular formula is C25H30F3N3O3. The maximum Gasteiger partial charge on any atom is 0.416 e. The van der Waals surface area contributed by atoms with Gasteiger partial charge in [-0.1, -0.05) is 25.1 Å². The van der Waals surface area contributed by atoms with Gasteiger partial charge in [0.05, 0.1) is 24.8 Å². The van der Waals surface area contributed by atoms with Gasteiger partial charge in [-0.25, -0.2) is 9.59 Å². The van der Waals surface area contributed by atoms with Gasteiger partial charge in [0.15, 0.2) is 0 Å². The fourth-order valence-corrected chi connectivity index (χ4v) is 4.47. The first kappa shape index (κ1) is 25.6. The number of ether oxygens (including phenoxy) is 1. The molecule has 2 aromatic carbocycles. The van der Waals surface area contributed by atoms with Crippen LogP contribution in [0.3, 0.4) is 0 Å². The second-order valence-electron chi connectivity index (χ2n) is 8.54. The molecule has 1 aliphatic rings. The molecule has 3 rings (SSSR count). The van der Waals surface area contributed by atoms with E-state index in [0.29, 0.717) is 24.2 Å². The Morgan fingerprint density at radius 2 is 1.68 bits per heavy atom. The van der Waals surface area contributed by atoms with E-state index in [9.17, 15) is 22.8 Å². The maximum atomic E-state index is 13.6. The van der Waals surface area contributed by atoms with Crippen LogP contribution in [0.15, 0.2) is 48.5 Å². The van der Waals surface area contributed by atoms with Gasteiger partial charge in [0, 0.05) is 30.9 Å². The average Bonchev–Trinajstić information content (AvgIpc) is 2.81. The molecule has 0 radical (unpaired) electrons. The molecule has 0 bridgehead atoms. The van der Waals surface area contributed by atoms with Crippen LogP contribution < -0.4 is 4.90 Å². The molecular weight excluding hydrogens is 447 g/mol. The number of benzene rings is 2. The number of carbonyl (C=O) groups is 2. The van der Waals surface area contributed by atoms with E-state index >= 15 is 0 Å². The Bertz CT molecular complexity index is 998. The van der Waals surface area contributed by atoms with Crippen molar-refractivity contribution in [3.8, 4) is 0 Å². The van der Waals surface area contributed by atoms with Gasteiger partial charge < -0.3 is 9.64 Å². The van der Waals surface area contributed by atoms with Crippen LogP contribution in [-0.2, 0) is 17.5 Å². The number of amides is 2. The monoisotopic (exact) mass is 477 g/mol. The van der Waals surface area contributed by atoms with Crippen molar-refractivity contribution >= 4 is 17.7 Å². The summed E-state index contributed by atoms with van der Waals surface area (Å²) in [4.78, 5) is 30.7. The van der Waals surface area contributed by atoms with Crippen LogP contribution in [0.5, 0.6) is 0 Å². The van der Waals surface area contributed by atoms with Gasteiger partial charge in [0.2, 0.25) is 0 Å². The van der Waals surface area contributed by atoms with Crippen molar-refractivity contribution in [2.45, 2.75) is 45.6 Å². The summed E-state index contributed by atoms with van der Waals surface area (Å²) >= 11 is 0. The summed E-state index contributed by atoms with van der Waals surface area (Å²) in [6.07, 6.45) is -4.53. The van der Waals surface area contributed by atoms with Gasteiger partial charge in [-0.3, -0.25) is 9.80 Å². The molecule has 1 saturated heterocycles. The van der Waals surface area contributed by atoms with E-state index in [4.69, 9.17) is 4.74 Å². The Hall–Kier alpha value is -3.07. The third-order valence-electron chi connectivity index (χ3n) is 6.17. The minimum absolute atomic E-state index is 0.0539. The lowest BCUT2D eigenvalue weighted by molar-refractivity contribution is -0.137. The third kappa shape index (κ3) is 5.70. The number of nitrogens with zero attached hydrogens (tertiary/aromatic N) is 3. The van der Waals surface area contributed by atoms with Crippen LogP contribution in [0, 0.1) is 0 Å². The van der Waals surface area contributed by atoms with E-state index in [2.05, 4.69) is 11.8 Å². The number of rotatable bonds is 5. The van der Waals surface area contributed by atoms with Crippen molar-refractivity contribution in [1.82, 2.24) is 9.80 Å². The number of hydrogen-bond acceptors (Lipinski definition) is 4. The van der Waals surface area contributed by atoms with Crippen LogP contribution >= 0.6 is 0 Å². The summed E-state index contributed by atoms with van der Waals surface area (Å²) in [6.45, 7) is 8.02. The van der Waals surface area contributed by atoms with Crippen molar-refractivity contribution in [3.63, 3.8) is 0 Å². The van der Waals surface area contributed by atoms with Gasteiger partial charge >= 0.3 is 18.2 Å². The number of piperazine rings is 1. The predicted octanol–water partition coefficient (Wildman–Crippen LogP) is 5.03. The summed E-state index contributed by atoms with van der Waals surface area (Å²) in [7, 11) is 1.28. The highest BCUT2D eigenvalue weighted by atomic mass is 19.4. The minimum atomic E-state index is -4.53. The largest absolute Gasteiger partial charge is 0.465 e. The highest BCUT2D eigenvalue weighted by Gasteiger charge is 2.35. The second kappa shape index (κ2) is 10.5. The summed E-state index contributed by atoms with van der Waals surface area (Å²) in [6, 6.07) is 11.2. The number of carbonyl (C=O) groups excluding carboxylic acids is 2. The molecule has 2 aromatic rings. The molecule has 184 valence electrons. The Morgan fingerprint density at radius 3 is 2.21 bits per heavy atom. The molecule has 9 heteroatoms. The molecule has 0 aliphatic carbocycles. The standard InChI is InChI=1S/C25H30F3N3O3/c1-5-30-17(2)14-29(15-18(30)3)24(33)31(22-8-6-7-21(13-22)25(26,27)28)16-19-9-11-20(12-10-19)23(32)34-4/h6-13,17-18H,5,14-16H2,1-4H3/t17-,18+. The smallest absolute Gasteiger partial charge is 0.416 e. The van der Waals surface area contributed by atoms with E-state index in [1.807, 2.05) is 13.8 Å². The lowest BCUT2D eigenvalue weighted by atomic mass is 10.1. The summed E-state index contributed by atoms with van der Waals surface area (Å²) in [5, 5.41) is 0. The average molecular weight is 478 g/mol. The van der Waals surface area contributed by atoms with Gasteiger partial charge in [-0.2, -0.15) is 13.2 Å². The molecule has 1 aliphatic heterocycles. The summed E-state index contributed by atoms with van der Waals surface area (Å²) in [5.41, 5.74) is 0.365. The highest BCUT2D eigenvalue weighted by Crippen LogP contribution is 2.32. The first-order valence-corrected chi connectivity index (χ1v) is 11.2. The maximum absolute atomic E-state index is 13.6. The normalized spacial score (nSPS) is 19.1. The number of alkyl halides is 3. The number of methoxy groups -OCH3 is 1. The highest BCUT2D eigenvalue weighted by molar-refractivity contribution is 5.92. The Balaban J connectivity index is 1.94. The fourth-order valence-electron chi connectivity index (χ4n) is 4.47. The number of esters is 1. The number of anilines is 1. The van der Waals surface area contributed by atoms with Crippen molar-refractivity contribution in [2.75, 3.05) is 31.6 Å². The molecule has 2 atom stereocenters. The summed E-state index contributed by atoms with van der Waals surface area (Å²) < 4.78 is 44.9. The van der Waals surface area contributed by atoms with E-state index < -0.39 is 17.7 Å². The van der Waals surface area contributed by atoms with Crippen molar-refractivity contribution in [3.05, 3.63) is 65.2 Å². The zero-order valence-electron chi connectivity index (χ0n) is 19.8. The van der Waals surface area contributed by atoms with Crippen molar-refractivity contribution in [1.29, 1.82) is 0 Å². The molecule has 6 nitrogen and oxygen atoms in total. The van der Waals surface area contributed by atoms with E-state index in [1.165, 1.54) is 24.1 Å². The SMILES string of the molecule is CCN1[C@H](C)CN(C(=O)N(Cc2ccc(C(=O)OC)cc2)c2cccc(C(F)(F)F)c2)C[C@@H]1C. The molecule has 0 N–H and O–H groups in total. The van der Waals surface area contributed by atoms with Gasteiger partial charge in [-0.15, -0.1) is 0 Å². The van der Waals surface area contributed by atoms with Crippen LogP contribution in [0.4, 0.5) is 23.7 Å². The lowest BCUT2D eigenvalue weighted by Gasteiger charge is -2.45. The molecule has 34 heavy (non-hydrogen) atoms. The number of urea groups is 1. The first-order chi connectivity index (χ1) is 16.0. The van der Waals surface area contributed by atoms with Crippen LogP contribution in [-0.4, -0.2) is 60.6 Å². The Labute approximate surface area is 197 Å². The molecule has 0 unspecified atom stereocenters. The molecule has 0 saturated carbocycles. The molecule has 2 amide bonds. The second-order valence-corrected chi connectivity index (χ2v) is 8.54. The zero-order chi connectivity index (χ0) is 25.0. The van der Waals surface area contributed by atoms with E-state index in [-0.39, 0.29) is 30.3 Å². The van der Waals surface area contributed by atoms with E-state index in [0.717, 1.165) is 18.7 Å². The molecule has 1 fully saturated rings. The summed E-state index contributed by atoms with van der Waals surface area (Å²) in [5.74, 6) is -0.492.